The van der Waals surface area contributed by atoms with Crippen molar-refractivity contribution in [1.82, 2.24) is 4.98 Å². The van der Waals surface area contributed by atoms with E-state index in [0.717, 1.165) is 6.20 Å². The zero-order valence-electron chi connectivity index (χ0n) is 9.81. The molecule has 0 atom stereocenters. The maximum atomic E-state index is 12.7. The summed E-state index contributed by atoms with van der Waals surface area (Å²) >= 11 is 1.27. The van der Waals surface area contributed by atoms with Crippen molar-refractivity contribution in [3.63, 3.8) is 0 Å². The maximum Gasteiger partial charge on any atom is 0.268 e. The van der Waals surface area contributed by atoms with Crippen molar-refractivity contribution >= 4 is 23.1 Å². The van der Waals surface area contributed by atoms with E-state index in [1.165, 1.54) is 23.5 Å². The Kier molecular flexibility index (Phi) is 4.23. The molecular formula is C13H10FN3OS. The molecule has 0 aliphatic heterocycles. The van der Waals surface area contributed by atoms with Crippen LogP contribution in [0.2, 0.25) is 0 Å². The molecule has 0 fully saturated rings. The third-order valence-corrected chi connectivity index (χ3v) is 3.08. The van der Waals surface area contributed by atoms with E-state index in [9.17, 15) is 9.18 Å². The zero-order valence-corrected chi connectivity index (χ0v) is 10.6. The Balaban J connectivity index is 2.16. The number of aromatic nitrogens is 1. The second kappa shape index (κ2) is 6.09. The second-order valence-electron chi connectivity index (χ2n) is 3.49. The number of anilines is 1. The summed E-state index contributed by atoms with van der Waals surface area (Å²) in [6.07, 6.45) is 1.04. The van der Waals surface area contributed by atoms with Crippen LogP contribution in [0.3, 0.4) is 0 Å². The molecular weight excluding hydrogens is 265 g/mol. The number of rotatable bonds is 2. The first-order chi connectivity index (χ1) is 9.20. The summed E-state index contributed by atoms with van der Waals surface area (Å²) in [5, 5.41) is 4.35. The van der Waals surface area contributed by atoms with Crippen LogP contribution in [0.25, 0.3) is 0 Å². The van der Waals surface area contributed by atoms with Gasteiger partial charge in [-0.1, -0.05) is 11.8 Å². The quantitative estimate of drug-likeness (QED) is 0.822. The monoisotopic (exact) mass is 275 g/mol. The van der Waals surface area contributed by atoms with Crippen LogP contribution in [0.4, 0.5) is 10.2 Å². The zero-order chi connectivity index (χ0) is 13.7. The smallest absolute Gasteiger partial charge is 0.268 e. The average molecular weight is 275 g/mol. The average Bonchev–Trinajstić information content (AvgIpc) is 2.87. The Labute approximate surface area is 113 Å². The highest BCUT2D eigenvalue weighted by molar-refractivity contribution is 7.12. The van der Waals surface area contributed by atoms with Gasteiger partial charge in [0.2, 0.25) is 0 Å². The molecule has 0 saturated carbocycles. The molecule has 3 N–H and O–H groups in total. The van der Waals surface area contributed by atoms with E-state index in [2.05, 4.69) is 22.1 Å². The van der Waals surface area contributed by atoms with Crippen LogP contribution in [-0.2, 0) is 0 Å². The first kappa shape index (κ1) is 13.2. The fraction of sp³-hybridized carbons (Fsp3) is 0.0769. The summed E-state index contributed by atoms with van der Waals surface area (Å²) in [6.45, 7) is 0.233. The topological polar surface area (TPSA) is 68.0 Å². The molecule has 2 rings (SSSR count). The number of thiophene rings is 1. The molecule has 96 valence electrons. The van der Waals surface area contributed by atoms with Crippen molar-refractivity contribution in [2.45, 2.75) is 0 Å². The molecule has 1 amide bonds. The van der Waals surface area contributed by atoms with Crippen molar-refractivity contribution in [3.8, 4) is 11.8 Å². The van der Waals surface area contributed by atoms with Crippen LogP contribution in [-0.4, -0.2) is 17.4 Å². The number of nitrogens with one attached hydrogen (secondary N) is 1. The molecule has 2 aromatic rings. The fourth-order valence-electron chi connectivity index (χ4n) is 1.35. The van der Waals surface area contributed by atoms with Crippen LogP contribution in [0, 0.1) is 17.7 Å². The second-order valence-corrected chi connectivity index (χ2v) is 4.40. The molecule has 0 bridgehead atoms. The van der Waals surface area contributed by atoms with E-state index in [1.807, 2.05) is 0 Å². The Morgan fingerprint density at radius 2 is 2.32 bits per heavy atom. The van der Waals surface area contributed by atoms with Gasteiger partial charge >= 0.3 is 0 Å². The van der Waals surface area contributed by atoms with Gasteiger partial charge in [0.15, 0.2) is 0 Å². The van der Waals surface area contributed by atoms with Gasteiger partial charge in [-0.25, -0.2) is 9.37 Å². The number of hydrogen-bond acceptors (Lipinski definition) is 4. The van der Waals surface area contributed by atoms with Gasteiger partial charge < -0.3 is 11.1 Å². The molecule has 0 radical (unpaired) electrons. The Morgan fingerprint density at radius 1 is 1.47 bits per heavy atom. The summed E-state index contributed by atoms with van der Waals surface area (Å²) in [5.41, 5.74) is 5.91. The van der Waals surface area contributed by atoms with Gasteiger partial charge in [-0.3, -0.25) is 4.79 Å². The van der Waals surface area contributed by atoms with Crippen molar-refractivity contribution in [1.29, 1.82) is 0 Å². The standard InChI is InChI=1S/C13H10FN3OS/c14-10-3-4-11(16-8-10)17-13(18)12-9(2-1-6-15)5-7-19-12/h3-5,7-8H,6,15H2,(H,16,17,18). The summed E-state index contributed by atoms with van der Waals surface area (Å²) in [6, 6.07) is 4.37. The number of amides is 1. The molecule has 4 nitrogen and oxygen atoms in total. The van der Waals surface area contributed by atoms with Gasteiger partial charge in [0.1, 0.15) is 16.5 Å². The first-order valence-corrected chi connectivity index (χ1v) is 6.28. The lowest BCUT2D eigenvalue weighted by molar-refractivity contribution is 0.103. The van der Waals surface area contributed by atoms with E-state index in [0.29, 0.717) is 10.4 Å². The molecule has 0 unspecified atom stereocenters. The van der Waals surface area contributed by atoms with E-state index >= 15 is 0 Å². The van der Waals surface area contributed by atoms with Crippen molar-refractivity contribution in [2.24, 2.45) is 5.73 Å². The number of nitrogens with zero attached hydrogens (tertiary/aromatic N) is 1. The predicted octanol–water partition coefficient (Wildman–Crippen LogP) is 1.84. The summed E-state index contributed by atoms with van der Waals surface area (Å²) < 4.78 is 12.7. The lowest BCUT2D eigenvalue weighted by atomic mass is 10.2. The van der Waals surface area contributed by atoms with Crippen molar-refractivity contribution in [2.75, 3.05) is 11.9 Å². The Morgan fingerprint density at radius 3 is 3.00 bits per heavy atom. The van der Waals surface area contributed by atoms with Gasteiger partial charge in [0.05, 0.1) is 12.7 Å². The van der Waals surface area contributed by atoms with Crippen LogP contribution in [0.5, 0.6) is 0 Å². The number of carbonyl (C=O) groups excluding carboxylic acids is 1. The number of carbonyl (C=O) groups is 1. The number of hydrogen-bond donors (Lipinski definition) is 2. The normalized spacial score (nSPS) is 9.58. The van der Waals surface area contributed by atoms with Crippen LogP contribution in [0.1, 0.15) is 15.2 Å². The van der Waals surface area contributed by atoms with E-state index < -0.39 is 5.82 Å². The Bertz CT molecular complexity index is 640. The first-order valence-electron chi connectivity index (χ1n) is 5.40. The molecule has 0 aliphatic rings. The molecule has 2 heterocycles. The molecule has 0 aliphatic carbocycles. The van der Waals surface area contributed by atoms with Gasteiger partial charge in [0.25, 0.3) is 5.91 Å². The number of pyridine rings is 1. The fourth-order valence-corrected chi connectivity index (χ4v) is 2.10. The van der Waals surface area contributed by atoms with Crippen molar-refractivity contribution < 1.29 is 9.18 Å². The third-order valence-electron chi connectivity index (χ3n) is 2.17. The van der Waals surface area contributed by atoms with Gasteiger partial charge in [0, 0.05) is 5.56 Å². The molecule has 0 spiro atoms. The lowest BCUT2D eigenvalue weighted by Gasteiger charge is -2.02. The predicted molar refractivity (Wildman–Crippen MR) is 72.4 cm³/mol. The number of halogens is 1. The summed E-state index contributed by atoms with van der Waals surface area (Å²) in [5.74, 6) is 5.03. The van der Waals surface area contributed by atoms with Gasteiger partial charge in [-0.05, 0) is 23.6 Å². The van der Waals surface area contributed by atoms with E-state index in [4.69, 9.17) is 5.73 Å². The highest BCUT2D eigenvalue weighted by Crippen LogP contribution is 2.17. The minimum atomic E-state index is -0.455. The number of nitrogens with two attached hydrogens (primary N) is 1. The van der Waals surface area contributed by atoms with Crippen LogP contribution in [0.15, 0.2) is 29.8 Å². The molecule has 0 saturated heterocycles. The third kappa shape index (κ3) is 3.37. The largest absolute Gasteiger partial charge is 0.320 e. The van der Waals surface area contributed by atoms with Gasteiger partial charge in [-0.2, -0.15) is 0 Å². The van der Waals surface area contributed by atoms with Crippen molar-refractivity contribution in [3.05, 3.63) is 46.0 Å². The highest BCUT2D eigenvalue weighted by atomic mass is 32.1. The van der Waals surface area contributed by atoms with Crippen LogP contribution >= 0.6 is 11.3 Å². The minimum Gasteiger partial charge on any atom is -0.320 e. The molecule has 19 heavy (non-hydrogen) atoms. The van der Waals surface area contributed by atoms with E-state index in [1.54, 1.807) is 11.4 Å². The SMILES string of the molecule is NCC#Cc1ccsc1C(=O)Nc1ccc(F)cn1. The lowest BCUT2D eigenvalue weighted by Crippen LogP contribution is -2.12. The molecule has 0 aromatic carbocycles. The highest BCUT2D eigenvalue weighted by Gasteiger charge is 2.12. The maximum absolute atomic E-state index is 12.7. The minimum absolute atomic E-state index is 0.233. The molecule has 6 heteroatoms. The summed E-state index contributed by atoms with van der Waals surface area (Å²) in [4.78, 5) is 16.3. The summed E-state index contributed by atoms with van der Waals surface area (Å²) in [7, 11) is 0. The molecule has 2 aromatic heterocycles. The van der Waals surface area contributed by atoms with Crippen LogP contribution < -0.4 is 11.1 Å². The van der Waals surface area contributed by atoms with Gasteiger partial charge in [-0.15, -0.1) is 11.3 Å². The Hall–Kier alpha value is -2.23. The van der Waals surface area contributed by atoms with E-state index in [-0.39, 0.29) is 18.3 Å².